The number of amides is 1. The van der Waals surface area contributed by atoms with Gasteiger partial charge in [0, 0.05) is 12.2 Å². The third kappa shape index (κ3) is 5.48. The molecule has 3 aromatic rings. The molecule has 1 aromatic heterocycles. The highest BCUT2D eigenvalue weighted by molar-refractivity contribution is 7.22. The number of carbonyl (C=O) groups is 1. The van der Waals surface area contributed by atoms with Crippen LogP contribution in [0.3, 0.4) is 0 Å². The van der Waals surface area contributed by atoms with Crippen molar-refractivity contribution < 1.29 is 14.3 Å². The van der Waals surface area contributed by atoms with E-state index in [1.165, 1.54) is 12.0 Å². The summed E-state index contributed by atoms with van der Waals surface area (Å²) in [4.78, 5) is 20.1. The number of ether oxygens (including phenoxy) is 2. The number of hydrogen-bond donors (Lipinski definition) is 0. The molecule has 2 heterocycles. The number of unbranched alkanes of at least 4 members (excludes halogenated alkanes) is 2. The Bertz CT molecular complexity index is 1030. The summed E-state index contributed by atoms with van der Waals surface area (Å²) in [6.45, 7) is 6.31. The fraction of sp³-hybridized carbons (Fsp3) is 0.462. The fourth-order valence-corrected chi connectivity index (χ4v) is 4.96. The topological polar surface area (TPSA) is 51.7 Å². The molecule has 1 amide bonds. The second-order valence-electron chi connectivity index (χ2n) is 8.28. The second-order valence-corrected chi connectivity index (χ2v) is 9.29. The van der Waals surface area contributed by atoms with Crippen molar-refractivity contribution in [2.24, 2.45) is 0 Å². The van der Waals surface area contributed by atoms with Gasteiger partial charge in [-0.3, -0.25) is 9.69 Å². The zero-order valence-corrected chi connectivity index (χ0v) is 19.8. The highest BCUT2D eigenvalue weighted by Crippen LogP contribution is 2.32. The first kappa shape index (κ1) is 22.7. The molecule has 0 saturated carbocycles. The first-order chi connectivity index (χ1) is 15.7. The van der Waals surface area contributed by atoms with Crippen LogP contribution in [0.1, 0.15) is 61.9 Å². The number of nitrogens with zero attached hydrogens (tertiary/aromatic N) is 2. The lowest BCUT2D eigenvalue weighted by molar-refractivity contribution is 0.0917. The number of hydrogen-bond acceptors (Lipinski definition) is 5. The van der Waals surface area contributed by atoms with E-state index in [4.69, 9.17) is 14.5 Å². The average molecular weight is 453 g/mol. The molecule has 1 atom stereocenters. The molecule has 1 aliphatic heterocycles. The fourth-order valence-electron chi connectivity index (χ4n) is 3.92. The van der Waals surface area contributed by atoms with Crippen molar-refractivity contribution in [3.63, 3.8) is 0 Å². The molecule has 0 aliphatic carbocycles. The molecule has 1 fully saturated rings. The molecule has 0 radical (unpaired) electrons. The molecule has 1 unspecified atom stereocenters. The van der Waals surface area contributed by atoms with E-state index in [0.29, 0.717) is 18.7 Å². The predicted octanol–water partition coefficient (Wildman–Crippen LogP) is 6.25. The number of thiazole rings is 1. The highest BCUT2D eigenvalue weighted by Gasteiger charge is 2.27. The third-order valence-corrected chi connectivity index (χ3v) is 6.90. The summed E-state index contributed by atoms with van der Waals surface area (Å²) in [5.74, 6) is 0.753. The molecule has 0 spiro atoms. The summed E-state index contributed by atoms with van der Waals surface area (Å²) in [5.41, 5.74) is 2.85. The predicted molar refractivity (Wildman–Crippen MR) is 131 cm³/mol. The van der Waals surface area contributed by atoms with Crippen molar-refractivity contribution >= 4 is 32.6 Å². The summed E-state index contributed by atoms with van der Waals surface area (Å²) in [6.07, 6.45) is 6.42. The van der Waals surface area contributed by atoms with Crippen LogP contribution in [0.15, 0.2) is 42.5 Å². The molecular formula is C26H32N2O3S. The Labute approximate surface area is 194 Å². The quantitative estimate of drug-likeness (QED) is 0.341. The van der Waals surface area contributed by atoms with Crippen LogP contribution in [0.4, 0.5) is 5.13 Å². The summed E-state index contributed by atoms with van der Waals surface area (Å²) >= 11 is 1.57. The third-order valence-electron chi connectivity index (χ3n) is 5.85. The summed E-state index contributed by atoms with van der Waals surface area (Å²) in [7, 11) is 0. The van der Waals surface area contributed by atoms with Crippen LogP contribution in [0, 0.1) is 0 Å². The van der Waals surface area contributed by atoms with Gasteiger partial charge in [0.2, 0.25) is 0 Å². The Morgan fingerprint density at radius 2 is 2.03 bits per heavy atom. The van der Waals surface area contributed by atoms with Gasteiger partial charge in [0.25, 0.3) is 5.91 Å². The van der Waals surface area contributed by atoms with E-state index in [1.54, 1.807) is 16.2 Å². The number of anilines is 1. The Morgan fingerprint density at radius 1 is 1.19 bits per heavy atom. The molecule has 2 aromatic carbocycles. The summed E-state index contributed by atoms with van der Waals surface area (Å²) < 4.78 is 12.8. The number of carbonyl (C=O) groups excluding carboxylic acids is 1. The molecular weight excluding hydrogens is 420 g/mol. The van der Waals surface area contributed by atoms with Crippen molar-refractivity contribution in [2.75, 3.05) is 24.7 Å². The van der Waals surface area contributed by atoms with Crippen molar-refractivity contribution in [1.29, 1.82) is 0 Å². The van der Waals surface area contributed by atoms with Gasteiger partial charge in [-0.1, -0.05) is 44.1 Å². The summed E-state index contributed by atoms with van der Waals surface area (Å²) in [6, 6.07) is 13.8. The molecule has 1 aliphatic rings. The molecule has 0 N–H and O–H groups in total. The SMILES string of the molecule is CCCCCOc1ccc(C(=O)N(CC2CCCO2)c2nc3ccc(CC)cc3s2)cc1. The Morgan fingerprint density at radius 3 is 2.75 bits per heavy atom. The van der Waals surface area contributed by atoms with Gasteiger partial charge < -0.3 is 9.47 Å². The van der Waals surface area contributed by atoms with Gasteiger partial charge in [-0.15, -0.1) is 0 Å². The number of benzene rings is 2. The van der Waals surface area contributed by atoms with Crippen LogP contribution in [0.25, 0.3) is 10.2 Å². The molecule has 1 saturated heterocycles. The summed E-state index contributed by atoms with van der Waals surface area (Å²) in [5, 5.41) is 0.730. The number of rotatable bonds is 10. The number of aromatic nitrogens is 1. The lowest BCUT2D eigenvalue weighted by atomic mass is 10.1. The molecule has 0 bridgehead atoms. The average Bonchev–Trinajstić information content (AvgIpc) is 3.49. The van der Waals surface area contributed by atoms with Crippen molar-refractivity contribution in [1.82, 2.24) is 4.98 Å². The van der Waals surface area contributed by atoms with E-state index in [1.807, 2.05) is 30.3 Å². The molecule has 5 nitrogen and oxygen atoms in total. The van der Waals surface area contributed by atoms with Crippen LogP contribution in [0.2, 0.25) is 0 Å². The zero-order valence-electron chi connectivity index (χ0n) is 19.0. The van der Waals surface area contributed by atoms with E-state index >= 15 is 0 Å². The Hall–Kier alpha value is -2.44. The van der Waals surface area contributed by atoms with Crippen LogP contribution in [-0.4, -0.2) is 36.8 Å². The Kier molecular flexibility index (Phi) is 7.76. The van der Waals surface area contributed by atoms with E-state index in [0.717, 1.165) is 59.8 Å². The first-order valence-corrected chi connectivity index (χ1v) is 12.6. The zero-order chi connectivity index (χ0) is 22.3. The lowest BCUT2D eigenvalue weighted by Crippen LogP contribution is -2.37. The standard InChI is InChI=1S/C26H32N2O3S/c1-3-5-6-15-30-21-12-10-20(11-13-21)25(29)28(18-22-8-7-16-31-22)26-27-23-14-9-19(4-2)17-24(23)32-26/h9-14,17,22H,3-8,15-16,18H2,1-2H3. The van der Waals surface area contributed by atoms with Crippen LogP contribution in [-0.2, 0) is 11.2 Å². The van der Waals surface area contributed by atoms with Crippen LogP contribution >= 0.6 is 11.3 Å². The van der Waals surface area contributed by atoms with Gasteiger partial charge in [-0.25, -0.2) is 4.98 Å². The van der Waals surface area contributed by atoms with Crippen molar-refractivity contribution in [2.45, 2.75) is 58.5 Å². The largest absolute Gasteiger partial charge is 0.494 e. The molecule has 6 heteroatoms. The van der Waals surface area contributed by atoms with Gasteiger partial charge in [0.15, 0.2) is 5.13 Å². The molecule has 170 valence electrons. The maximum absolute atomic E-state index is 13.5. The highest BCUT2D eigenvalue weighted by atomic mass is 32.1. The normalized spacial score (nSPS) is 15.9. The lowest BCUT2D eigenvalue weighted by Gasteiger charge is -2.23. The van der Waals surface area contributed by atoms with E-state index in [2.05, 4.69) is 26.0 Å². The molecule has 4 rings (SSSR count). The first-order valence-electron chi connectivity index (χ1n) is 11.7. The minimum atomic E-state index is -0.0483. The van der Waals surface area contributed by atoms with Crippen molar-refractivity contribution in [3.05, 3.63) is 53.6 Å². The van der Waals surface area contributed by atoms with Gasteiger partial charge in [-0.2, -0.15) is 0 Å². The van der Waals surface area contributed by atoms with E-state index < -0.39 is 0 Å². The van der Waals surface area contributed by atoms with Crippen molar-refractivity contribution in [3.8, 4) is 5.75 Å². The van der Waals surface area contributed by atoms with Gasteiger partial charge >= 0.3 is 0 Å². The van der Waals surface area contributed by atoms with Crippen LogP contribution < -0.4 is 9.64 Å². The van der Waals surface area contributed by atoms with Gasteiger partial charge in [0.05, 0.1) is 29.5 Å². The minimum Gasteiger partial charge on any atom is -0.494 e. The number of fused-ring (bicyclic) bond motifs is 1. The van der Waals surface area contributed by atoms with Gasteiger partial charge in [0.1, 0.15) is 5.75 Å². The minimum absolute atomic E-state index is 0.0483. The maximum Gasteiger partial charge on any atom is 0.260 e. The van der Waals surface area contributed by atoms with Crippen LogP contribution in [0.5, 0.6) is 5.75 Å². The molecule has 32 heavy (non-hydrogen) atoms. The number of aryl methyl sites for hydroxylation is 1. The maximum atomic E-state index is 13.5. The second kappa shape index (κ2) is 10.9. The smallest absolute Gasteiger partial charge is 0.260 e. The Balaban J connectivity index is 1.55. The van der Waals surface area contributed by atoms with Gasteiger partial charge in [-0.05, 0) is 67.6 Å². The van der Waals surface area contributed by atoms with E-state index in [9.17, 15) is 4.79 Å². The van der Waals surface area contributed by atoms with E-state index in [-0.39, 0.29) is 12.0 Å². The monoisotopic (exact) mass is 452 g/mol.